The van der Waals surface area contributed by atoms with E-state index >= 15 is 0 Å². The fourth-order valence-electron chi connectivity index (χ4n) is 4.99. The van der Waals surface area contributed by atoms with Crippen LogP contribution in [0.25, 0.3) is 27.9 Å². The van der Waals surface area contributed by atoms with Gasteiger partial charge in [0.05, 0.1) is 23.7 Å². The maximum atomic E-state index is 13.9. The minimum Gasteiger partial charge on any atom is -0.496 e. The van der Waals surface area contributed by atoms with Gasteiger partial charge in [-0.1, -0.05) is 38.8 Å². The van der Waals surface area contributed by atoms with E-state index in [0.717, 1.165) is 18.4 Å². The second kappa shape index (κ2) is 7.48. The van der Waals surface area contributed by atoms with Gasteiger partial charge in [0.2, 0.25) is 0 Å². The van der Waals surface area contributed by atoms with Crippen molar-refractivity contribution in [3.8, 4) is 17.0 Å². The monoisotopic (exact) mass is 417 g/mol. The Morgan fingerprint density at radius 1 is 1.10 bits per heavy atom. The molecule has 0 aliphatic heterocycles. The van der Waals surface area contributed by atoms with Crippen molar-refractivity contribution in [2.75, 3.05) is 7.11 Å². The summed E-state index contributed by atoms with van der Waals surface area (Å²) in [6, 6.07) is 9.81. The molecule has 1 saturated carbocycles. The molecule has 1 aliphatic rings. The minimum atomic E-state index is -0.0353. The van der Waals surface area contributed by atoms with Gasteiger partial charge in [-0.25, -0.2) is 4.98 Å². The predicted molar refractivity (Wildman–Crippen MR) is 120 cm³/mol. The number of benzene rings is 1. The summed E-state index contributed by atoms with van der Waals surface area (Å²) < 4.78 is 9.22. The molecule has 0 amide bonds. The van der Waals surface area contributed by atoms with Gasteiger partial charge in [-0.15, -0.1) is 5.10 Å². The third-order valence-electron chi connectivity index (χ3n) is 6.85. The lowest BCUT2D eigenvalue weighted by atomic mass is 9.78. The second-order valence-corrected chi connectivity index (χ2v) is 8.65. The zero-order valence-electron chi connectivity index (χ0n) is 18.4. The lowest BCUT2D eigenvalue weighted by Gasteiger charge is -2.35. The van der Waals surface area contributed by atoms with Gasteiger partial charge in [0, 0.05) is 17.8 Å². The molecule has 0 unspecified atom stereocenters. The van der Waals surface area contributed by atoms with Crippen LogP contribution in [0, 0.1) is 18.8 Å². The Kier molecular flexibility index (Phi) is 4.76. The minimum absolute atomic E-state index is 0.0353. The zero-order valence-corrected chi connectivity index (χ0v) is 18.4. The molecule has 3 heterocycles. The molecule has 1 fully saturated rings. The highest BCUT2D eigenvalue weighted by Gasteiger charge is 2.30. The van der Waals surface area contributed by atoms with Crippen LogP contribution in [0.5, 0.6) is 5.75 Å². The average Bonchev–Trinajstić information content (AvgIpc) is 3.14. The molecule has 0 radical (unpaired) electrons. The fraction of sp³-hybridized carbons (Fsp3) is 0.417. The number of nitrogens with zero attached hydrogens (tertiary/aromatic N) is 5. The van der Waals surface area contributed by atoms with E-state index in [0.29, 0.717) is 45.8 Å². The van der Waals surface area contributed by atoms with Crippen molar-refractivity contribution in [1.29, 1.82) is 0 Å². The number of hydrogen-bond acceptors (Lipinski definition) is 5. The molecule has 5 rings (SSSR count). The SMILES string of the molecule is COc1ccccc1-c1c2c(=O)n([C@@H]3CCC[C@H](C)[C@H]3C)ccc2nc2nc(C)nn12. The van der Waals surface area contributed by atoms with Crippen molar-refractivity contribution in [3.05, 3.63) is 52.7 Å². The smallest absolute Gasteiger partial charge is 0.262 e. The molecular formula is C24H27N5O2. The summed E-state index contributed by atoms with van der Waals surface area (Å²) in [7, 11) is 1.63. The lowest BCUT2D eigenvalue weighted by Crippen LogP contribution is -2.33. The summed E-state index contributed by atoms with van der Waals surface area (Å²) in [6.07, 6.45) is 5.27. The van der Waals surface area contributed by atoms with Gasteiger partial charge < -0.3 is 9.30 Å². The molecule has 7 heteroatoms. The first-order chi connectivity index (χ1) is 15.0. The summed E-state index contributed by atoms with van der Waals surface area (Å²) in [6.45, 7) is 6.37. The summed E-state index contributed by atoms with van der Waals surface area (Å²) in [4.78, 5) is 23.1. The molecule has 4 aromatic rings. The van der Waals surface area contributed by atoms with Crippen LogP contribution >= 0.6 is 0 Å². The van der Waals surface area contributed by atoms with E-state index in [1.54, 1.807) is 11.6 Å². The van der Waals surface area contributed by atoms with Gasteiger partial charge in [-0.2, -0.15) is 9.50 Å². The highest BCUT2D eigenvalue weighted by atomic mass is 16.5. The van der Waals surface area contributed by atoms with Gasteiger partial charge in [0.15, 0.2) is 0 Å². The number of aryl methyl sites for hydroxylation is 1. The molecule has 160 valence electrons. The van der Waals surface area contributed by atoms with E-state index in [4.69, 9.17) is 4.74 Å². The standard InChI is InChI=1S/C24H27N5O2/c1-14-8-7-10-19(15(14)2)28-13-12-18-21(23(28)30)22(17-9-5-6-11-20(17)31-4)29-24(26-18)25-16(3)27-29/h5-6,9,11-15,19H,7-8,10H2,1-4H3/t14-,15+,19+/m0/s1. The summed E-state index contributed by atoms with van der Waals surface area (Å²) in [5.74, 6) is 2.79. The van der Waals surface area contributed by atoms with Crippen LogP contribution in [0.3, 0.4) is 0 Å². The van der Waals surface area contributed by atoms with Gasteiger partial charge in [0.1, 0.15) is 11.6 Å². The molecule has 1 aliphatic carbocycles. The molecule has 0 N–H and O–H groups in total. The maximum absolute atomic E-state index is 13.9. The van der Waals surface area contributed by atoms with Crippen LogP contribution in [0.2, 0.25) is 0 Å². The number of aromatic nitrogens is 5. The molecule has 3 atom stereocenters. The maximum Gasteiger partial charge on any atom is 0.262 e. The molecular weight excluding hydrogens is 390 g/mol. The van der Waals surface area contributed by atoms with Crippen LogP contribution in [-0.2, 0) is 0 Å². The average molecular weight is 418 g/mol. The number of rotatable bonds is 3. The highest BCUT2D eigenvalue weighted by Crippen LogP contribution is 2.38. The zero-order chi connectivity index (χ0) is 21.7. The van der Waals surface area contributed by atoms with Crippen molar-refractivity contribution >= 4 is 16.7 Å². The molecule has 0 bridgehead atoms. The van der Waals surface area contributed by atoms with Crippen LogP contribution in [-0.4, -0.2) is 31.3 Å². The van der Waals surface area contributed by atoms with Gasteiger partial charge in [-0.05, 0) is 43.4 Å². The first-order valence-corrected chi connectivity index (χ1v) is 10.9. The lowest BCUT2D eigenvalue weighted by molar-refractivity contribution is 0.183. The third kappa shape index (κ3) is 3.10. The normalized spacial score (nSPS) is 21.6. The Morgan fingerprint density at radius 2 is 1.90 bits per heavy atom. The van der Waals surface area contributed by atoms with Crippen molar-refractivity contribution in [2.45, 2.75) is 46.1 Å². The van der Waals surface area contributed by atoms with Crippen LogP contribution in [0.15, 0.2) is 41.3 Å². The molecule has 0 saturated heterocycles. The van der Waals surface area contributed by atoms with E-state index in [1.807, 2.05) is 48.0 Å². The van der Waals surface area contributed by atoms with Crippen molar-refractivity contribution < 1.29 is 4.74 Å². The molecule has 31 heavy (non-hydrogen) atoms. The molecule has 3 aromatic heterocycles. The number of methoxy groups -OCH3 is 1. The summed E-state index contributed by atoms with van der Waals surface area (Å²) in [5, 5.41) is 5.12. The van der Waals surface area contributed by atoms with Crippen molar-refractivity contribution in [3.63, 3.8) is 0 Å². The van der Waals surface area contributed by atoms with Gasteiger partial charge in [-0.3, -0.25) is 4.79 Å². The summed E-state index contributed by atoms with van der Waals surface area (Å²) >= 11 is 0. The Labute approximate surface area is 180 Å². The number of pyridine rings is 1. The van der Waals surface area contributed by atoms with Crippen LogP contribution in [0.4, 0.5) is 0 Å². The predicted octanol–water partition coefficient (Wildman–Crippen LogP) is 4.42. The molecule has 1 aromatic carbocycles. The number of hydrogen-bond donors (Lipinski definition) is 0. The van der Waals surface area contributed by atoms with Crippen molar-refractivity contribution in [2.24, 2.45) is 11.8 Å². The number of para-hydroxylation sites is 1. The van der Waals surface area contributed by atoms with Crippen LogP contribution in [0.1, 0.15) is 45.0 Å². The number of ether oxygens (including phenoxy) is 1. The largest absolute Gasteiger partial charge is 0.496 e. The third-order valence-corrected chi connectivity index (χ3v) is 6.85. The Balaban J connectivity index is 1.87. The number of fused-ring (bicyclic) bond motifs is 2. The van der Waals surface area contributed by atoms with E-state index in [9.17, 15) is 4.79 Å². The Bertz CT molecular complexity index is 1340. The van der Waals surface area contributed by atoms with Crippen LogP contribution < -0.4 is 10.3 Å². The first-order valence-electron chi connectivity index (χ1n) is 10.9. The fourth-order valence-corrected chi connectivity index (χ4v) is 4.99. The first kappa shape index (κ1) is 19.7. The Hall–Kier alpha value is -3.22. The van der Waals surface area contributed by atoms with Gasteiger partial charge in [0.25, 0.3) is 11.3 Å². The van der Waals surface area contributed by atoms with Gasteiger partial charge >= 0.3 is 0 Å². The van der Waals surface area contributed by atoms with E-state index < -0.39 is 0 Å². The molecule has 0 spiro atoms. The second-order valence-electron chi connectivity index (χ2n) is 8.65. The topological polar surface area (TPSA) is 74.3 Å². The Morgan fingerprint density at radius 3 is 2.71 bits per heavy atom. The quantitative estimate of drug-likeness (QED) is 0.493. The highest BCUT2D eigenvalue weighted by molar-refractivity contribution is 5.94. The van der Waals surface area contributed by atoms with E-state index in [1.165, 1.54) is 6.42 Å². The molecule has 7 nitrogen and oxygen atoms in total. The summed E-state index contributed by atoms with van der Waals surface area (Å²) in [5.41, 5.74) is 2.06. The van der Waals surface area contributed by atoms with E-state index in [2.05, 4.69) is 28.9 Å². The van der Waals surface area contributed by atoms with E-state index in [-0.39, 0.29) is 11.6 Å². The van der Waals surface area contributed by atoms with Crippen molar-refractivity contribution in [1.82, 2.24) is 24.1 Å².